The molecule has 0 saturated heterocycles. The Morgan fingerprint density at radius 2 is 1.65 bits per heavy atom. The zero-order chi connectivity index (χ0) is 15.0. The Kier molecular flexibility index (Phi) is 7.22. The van der Waals surface area contributed by atoms with Crippen LogP contribution in [0.15, 0.2) is 23.3 Å². The van der Waals surface area contributed by atoms with Crippen molar-refractivity contribution in [3.8, 4) is 0 Å². The number of aldehydes is 1. The third-order valence-electron chi connectivity index (χ3n) is 4.63. The fourth-order valence-electron chi connectivity index (χ4n) is 3.38. The Bertz CT molecular complexity index is 348. The molecule has 1 aliphatic carbocycles. The van der Waals surface area contributed by atoms with Gasteiger partial charge in [-0.25, -0.2) is 0 Å². The monoisotopic (exact) mass is 278 g/mol. The van der Waals surface area contributed by atoms with E-state index >= 15 is 0 Å². The fraction of sp³-hybridized carbons (Fsp3) is 0.722. The van der Waals surface area contributed by atoms with Gasteiger partial charge in [-0.15, -0.1) is 0 Å². The summed E-state index contributed by atoms with van der Waals surface area (Å²) in [7, 11) is 1.72. The van der Waals surface area contributed by atoms with Crippen LogP contribution in [0.5, 0.6) is 0 Å². The zero-order valence-corrected chi connectivity index (χ0v) is 13.6. The van der Waals surface area contributed by atoms with Crippen LogP contribution in [0, 0.1) is 5.92 Å². The van der Waals surface area contributed by atoms with Crippen molar-refractivity contribution in [3.05, 3.63) is 23.3 Å². The van der Waals surface area contributed by atoms with E-state index in [1.807, 2.05) is 0 Å². The highest BCUT2D eigenvalue weighted by atomic mass is 16.5. The third-order valence-corrected chi connectivity index (χ3v) is 4.63. The summed E-state index contributed by atoms with van der Waals surface area (Å²) in [6, 6.07) is 0. The molecule has 114 valence electrons. The van der Waals surface area contributed by atoms with E-state index in [4.69, 9.17) is 4.74 Å². The first kappa shape index (κ1) is 17.2. The highest BCUT2D eigenvalue weighted by molar-refractivity contribution is 5.62. The van der Waals surface area contributed by atoms with Crippen molar-refractivity contribution < 1.29 is 9.53 Å². The van der Waals surface area contributed by atoms with Gasteiger partial charge in [0.2, 0.25) is 0 Å². The minimum Gasteiger partial charge on any atom is -0.369 e. The number of unbranched alkanes of at least 4 members (excludes halogenated alkanes) is 5. The number of methoxy groups -OCH3 is 1. The first-order valence-electron chi connectivity index (χ1n) is 8.00. The lowest BCUT2D eigenvalue weighted by Gasteiger charge is -2.37. The molecule has 0 aromatic heterocycles. The maximum atomic E-state index is 11.6. The van der Waals surface area contributed by atoms with Gasteiger partial charge in [0.25, 0.3) is 0 Å². The zero-order valence-electron chi connectivity index (χ0n) is 13.6. The van der Waals surface area contributed by atoms with Crippen molar-refractivity contribution in [1.29, 1.82) is 0 Å². The van der Waals surface area contributed by atoms with Crippen LogP contribution in [0.4, 0.5) is 0 Å². The second-order valence-electron chi connectivity index (χ2n) is 5.94. The molecule has 0 N–H and O–H groups in total. The molecule has 0 bridgehead atoms. The lowest BCUT2D eigenvalue weighted by atomic mass is 9.77. The highest BCUT2D eigenvalue weighted by Crippen LogP contribution is 2.41. The van der Waals surface area contributed by atoms with Crippen LogP contribution in [0.2, 0.25) is 0 Å². The molecule has 0 aromatic rings. The average molecular weight is 278 g/mol. The molecule has 0 amide bonds. The molecular formula is C18H30O2. The first-order valence-corrected chi connectivity index (χ1v) is 8.00. The second-order valence-corrected chi connectivity index (χ2v) is 5.94. The van der Waals surface area contributed by atoms with Gasteiger partial charge in [0.05, 0.1) is 5.92 Å². The number of carbonyl (C=O) groups excluding carboxylic acids is 1. The third kappa shape index (κ3) is 3.60. The summed E-state index contributed by atoms with van der Waals surface area (Å²) in [4.78, 5) is 11.6. The Balaban J connectivity index is 2.55. The SMILES string of the molecule is CCCCCCCCC(C=O)C1(OC)C(C)=CC=C1C. The summed E-state index contributed by atoms with van der Waals surface area (Å²) in [5, 5.41) is 0. The first-order chi connectivity index (χ1) is 9.63. The van der Waals surface area contributed by atoms with Gasteiger partial charge in [0, 0.05) is 7.11 Å². The molecule has 20 heavy (non-hydrogen) atoms. The molecule has 1 atom stereocenters. The van der Waals surface area contributed by atoms with Crippen LogP contribution in [-0.2, 0) is 9.53 Å². The van der Waals surface area contributed by atoms with Gasteiger partial charge in [-0.1, -0.05) is 57.6 Å². The Hall–Kier alpha value is -0.890. The molecule has 0 spiro atoms. The van der Waals surface area contributed by atoms with E-state index in [0.717, 1.165) is 30.3 Å². The van der Waals surface area contributed by atoms with E-state index in [-0.39, 0.29) is 5.92 Å². The van der Waals surface area contributed by atoms with Crippen molar-refractivity contribution >= 4 is 6.29 Å². The summed E-state index contributed by atoms with van der Waals surface area (Å²) >= 11 is 0. The summed E-state index contributed by atoms with van der Waals surface area (Å²) in [5.41, 5.74) is 1.83. The largest absolute Gasteiger partial charge is 0.369 e. The number of hydrogen-bond acceptors (Lipinski definition) is 2. The van der Waals surface area contributed by atoms with Gasteiger partial charge in [0.15, 0.2) is 0 Å². The van der Waals surface area contributed by atoms with E-state index in [1.165, 1.54) is 32.1 Å². The van der Waals surface area contributed by atoms with Crippen LogP contribution >= 0.6 is 0 Å². The van der Waals surface area contributed by atoms with Crippen LogP contribution in [0.1, 0.15) is 65.7 Å². The van der Waals surface area contributed by atoms with Gasteiger partial charge in [-0.05, 0) is 31.4 Å². The van der Waals surface area contributed by atoms with E-state index in [1.54, 1.807) is 7.11 Å². The van der Waals surface area contributed by atoms with E-state index in [0.29, 0.717) is 0 Å². The number of carbonyl (C=O) groups is 1. The van der Waals surface area contributed by atoms with Crippen molar-refractivity contribution in [1.82, 2.24) is 0 Å². The summed E-state index contributed by atoms with van der Waals surface area (Å²) in [6.07, 6.45) is 13.7. The minimum atomic E-state index is -0.481. The van der Waals surface area contributed by atoms with Gasteiger partial charge in [-0.2, -0.15) is 0 Å². The van der Waals surface area contributed by atoms with Crippen molar-refractivity contribution in [2.75, 3.05) is 7.11 Å². The van der Waals surface area contributed by atoms with Crippen molar-refractivity contribution in [3.63, 3.8) is 0 Å². The Morgan fingerprint density at radius 1 is 1.10 bits per heavy atom. The quantitative estimate of drug-likeness (QED) is 0.422. The van der Waals surface area contributed by atoms with Crippen molar-refractivity contribution in [2.45, 2.75) is 71.3 Å². The maximum Gasteiger partial charge on any atom is 0.126 e. The highest BCUT2D eigenvalue weighted by Gasteiger charge is 2.43. The maximum absolute atomic E-state index is 11.6. The molecule has 0 radical (unpaired) electrons. The van der Waals surface area contributed by atoms with Gasteiger partial charge in [0.1, 0.15) is 11.9 Å². The molecule has 1 unspecified atom stereocenters. The molecule has 1 aliphatic rings. The molecule has 0 aromatic carbocycles. The molecule has 0 saturated carbocycles. The second kappa shape index (κ2) is 8.41. The van der Waals surface area contributed by atoms with E-state index in [9.17, 15) is 4.79 Å². The average Bonchev–Trinajstić information content (AvgIpc) is 2.75. The van der Waals surface area contributed by atoms with Crippen LogP contribution in [0.3, 0.4) is 0 Å². The molecule has 2 nitrogen and oxygen atoms in total. The molecule has 0 aliphatic heterocycles. The topological polar surface area (TPSA) is 26.3 Å². The predicted octanol–water partition coefficient (Wildman–Crippen LogP) is 4.84. The van der Waals surface area contributed by atoms with Crippen molar-refractivity contribution in [2.24, 2.45) is 5.92 Å². The van der Waals surface area contributed by atoms with Crippen LogP contribution < -0.4 is 0 Å². The molecule has 0 heterocycles. The molecule has 0 fully saturated rings. The summed E-state index contributed by atoms with van der Waals surface area (Å²) < 4.78 is 5.80. The van der Waals surface area contributed by atoms with E-state index < -0.39 is 5.60 Å². The predicted molar refractivity (Wildman–Crippen MR) is 84.8 cm³/mol. The van der Waals surface area contributed by atoms with Crippen LogP contribution in [-0.4, -0.2) is 19.0 Å². The van der Waals surface area contributed by atoms with Gasteiger partial charge >= 0.3 is 0 Å². The molecular weight excluding hydrogens is 248 g/mol. The minimum absolute atomic E-state index is 0.0614. The normalized spacial score (nSPS) is 18.6. The number of allylic oxidation sites excluding steroid dienone is 2. The summed E-state index contributed by atoms with van der Waals surface area (Å²) in [6.45, 7) is 6.36. The lowest BCUT2D eigenvalue weighted by Crippen LogP contribution is -2.42. The number of rotatable bonds is 10. The van der Waals surface area contributed by atoms with Gasteiger partial charge < -0.3 is 9.53 Å². The Labute approximate surface area is 124 Å². The molecule has 2 heteroatoms. The van der Waals surface area contributed by atoms with Crippen LogP contribution in [0.25, 0.3) is 0 Å². The summed E-state index contributed by atoms with van der Waals surface area (Å²) in [5.74, 6) is -0.0614. The standard InChI is InChI=1S/C18H30O2/c1-5-6-7-8-9-10-11-17(14-19)18(20-4)15(2)12-13-16(18)3/h12-14,17H,5-11H2,1-4H3. The number of ether oxygens (including phenoxy) is 1. The number of hydrogen-bond donors (Lipinski definition) is 0. The lowest BCUT2D eigenvalue weighted by molar-refractivity contribution is -0.118. The Morgan fingerprint density at radius 3 is 2.15 bits per heavy atom. The van der Waals surface area contributed by atoms with Gasteiger partial charge in [-0.3, -0.25) is 0 Å². The fourth-order valence-corrected chi connectivity index (χ4v) is 3.38. The van der Waals surface area contributed by atoms with E-state index in [2.05, 4.69) is 32.9 Å². The smallest absolute Gasteiger partial charge is 0.126 e. The molecule has 1 rings (SSSR count).